The third kappa shape index (κ3) is 1.94. The van der Waals surface area contributed by atoms with Gasteiger partial charge in [-0.2, -0.15) is 0 Å². The smallest absolute Gasteiger partial charge is 0.123 e. The molecule has 0 saturated heterocycles. The Hall–Kier alpha value is -0.810. The maximum Gasteiger partial charge on any atom is 0.123 e. The maximum absolute atomic E-state index is 12.7. The summed E-state index contributed by atoms with van der Waals surface area (Å²) in [5.74, 6) is 0.452. The van der Waals surface area contributed by atoms with Gasteiger partial charge in [0.2, 0.25) is 0 Å². The molecule has 2 rings (SSSR count). The molecule has 0 unspecified atom stereocenters. The molecule has 0 atom stereocenters. The van der Waals surface area contributed by atoms with Crippen LogP contribution in [0.15, 0.2) is 36.4 Å². The topological polar surface area (TPSA) is 17.1 Å². The van der Waals surface area contributed by atoms with Crippen LogP contribution in [0.25, 0.3) is 0 Å². The van der Waals surface area contributed by atoms with Crippen LogP contribution >= 0.6 is 7.14 Å². The lowest BCUT2D eigenvalue weighted by Gasteiger charge is -2.18. The molecule has 1 nitrogen and oxygen atoms in total. The van der Waals surface area contributed by atoms with Crippen molar-refractivity contribution >= 4 is 12.4 Å². The van der Waals surface area contributed by atoms with E-state index in [1.165, 1.54) is 5.56 Å². The Morgan fingerprint density at radius 3 is 2.33 bits per heavy atom. The summed E-state index contributed by atoms with van der Waals surface area (Å²) < 4.78 is 12.7. The lowest BCUT2D eigenvalue weighted by atomic mass is 10.0. The second kappa shape index (κ2) is 3.98. The summed E-state index contributed by atoms with van der Waals surface area (Å²) >= 11 is 0. The fraction of sp³-hybridized carbons (Fsp3) is 0.385. The van der Waals surface area contributed by atoms with Crippen LogP contribution < -0.4 is 5.30 Å². The fourth-order valence-electron chi connectivity index (χ4n) is 2.11. The summed E-state index contributed by atoms with van der Waals surface area (Å²) in [5, 5.41) is 1.10. The zero-order chi connectivity index (χ0) is 10.9. The summed E-state index contributed by atoms with van der Waals surface area (Å²) in [7, 11) is -2.13. The second-order valence-electron chi connectivity index (χ2n) is 4.44. The van der Waals surface area contributed by atoms with Crippen LogP contribution in [0.1, 0.15) is 25.3 Å². The van der Waals surface area contributed by atoms with Gasteiger partial charge in [-0.1, -0.05) is 50.3 Å². The van der Waals surface area contributed by atoms with Gasteiger partial charge in [0.15, 0.2) is 0 Å². The van der Waals surface area contributed by atoms with Gasteiger partial charge in [-0.3, -0.25) is 0 Å². The van der Waals surface area contributed by atoms with Gasteiger partial charge in [0, 0.05) is 17.6 Å². The molecule has 0 spiro atoms. The monoisotopic (exact) mass is 220 g/mol. The van der Waals surface area contributed by atoms with Gasteiger partial charge in [0.05, 0.1) is 0 Å². The van der Waals surface area contributed by atoms with E-state index < -0.39 is 7.14 Å². The second-order valence-corrected chi connectivity index (χ2v) is 7.43. The summed E-state index contributed by atoms with van der Waals surface area (Å²) in [6.45, 7) is 4.32. The first-order valence-corrected chi connectivity index (χ1v) is 7.54. The van der Waals surface area contributed by atoms with Crippen molar-refractivity contribution in [1.29, 1.82) is 0 Å². The van der Waals surface area contributed by atoms with Gasteiger partial charge in [0.1, 0.15) is 7.14 Å². The molecular formula is C13H17OP. The number of hydrogen-bond acceptors (Lipinski definition) is 1. The van der Waals surface area contributed by atoms with Gasteiger partial charge in [-0.25, -0.2) is 0 Å². The zero-order valence-corrected chi connectivity index (χ0v) is 10.2. The highest BCUT2D eigenvalue weighted by atomic mass is 31.2. The van der Waals surface area contributed by atoms with Gasteiger partial charge in [0.25, 0.3) is 0 Å². The minimum absolute atomic E-state index is 0.452. The van der Waals surface area contributed by atoms with Crippen LogP contribution in [0, 0.1) is 0 Å². The molecular weight excluding hydrogens is 203 g/mol. The van der Waals surface area contributed by atoms with Gasteiger partial charge >= 0.3 is 0 Å². The first-order chi connectivity index (χ1) is 7.13. The number of benzene rings is 1. The van der Waals surface area contributed by atoms with Gasteiger partial charge < -0.3 is 4.57 Å². The lowest BCUT2D eigenvalue weighted by molar-refractivity contribution is 0.585. The Bertz CT molecular complexity index is 420. The van der Waals surface area contributed by atoms with Crippen molar-refractivity contribution in [2.75, 3.05) is 12.3 Å². The summed E-state index contributed by atoms with van der Waals surface area (Å²) in [6, 6.07) is 8.19. The molecule has 15 heavy (non-hydrogen) atoms. The van der Waals surface area contributed by atoms with Crippen LogP contribution in [0.2, 0.25) is 0 Å². The highest BCUT2D eigenvalue weighted by molar-refractivity contribution is 7.72. The van der Waals surface area contributed by atoms with Crippen LogP contribution in [-0.4, -0.2) is 12.3 Å². The van der Waals surface area contributed by atoms with Crippen LogP contribution in [0.3, 0.4) is 0 Å². The third-order valence-electron chi connectivity index (χ3n) is 2.97. The van der Waals surface area contributed by atoms with Crippen LogP contribution in [0.5, 0.6) is 0 Å². The average molecular weight is 220 g/mol. The van der Waals surface area contributed by atoms with E-state index in [1.54, 1.807) is 0 Å². The molecule has 0 amide bonds. The molecule has 1 aliphatic rings. The molecule has 80 valence electrons. The van der Waals surface area contributed by atoms with E-state index in [4.69, 9.17) is 0 Å². The van der Waals surface area contributed by atoms with Crippen LogP contribution in [0.4, 0.5) is 0 Å². The minimum Gasteiger partial charge on any atom is -0.318 e. The van der Waals surface area contributed by atoms with E-state index in [2.05, 4.69) is 32.1 Å². The quantitative estimate of drug-likeness (QED) is 0.551. The SMILES string of the molecule is CC(C)c1ccccc1P1(=O)CC=CC1. The summed E-state index contributed by atoms with van der Waals surface area (Å²) in [4.78, 5) is 0. The third-order valence-corrected chi connectivity index (χ3v) is 5.85. The van der Waals surface area contributed by atoms with Crippen molar-refractivity contribution < 1.29 is 4.57 Å². The largest absolute Gasteiger partial charge is 0.318 e. The van der Waals surface area contributed by atoms with Gasteiger partial charge in [-0.05, 0) is 11.5 Å². The van der Waals surface area contributed by atoms with Crippen molar-refractivity contribution in [3.63, 3.8) is 0 Å². The molecule has 0 fully saturated rings. The van der Waals surface area contributed by atoms with E-state index >= 15 is 0 Å². The highest BCUT2D eigenvalue weighted by Gasteiger charge is 2.28. The molecule has 1 heterocycles. The van der Waals surface area contributed by atoms with E-state index in [-0.39, 0.29) is 0 Å². The summed E-state index contributed by atoms with van der Waals surface area (Å²) in [6.07, 6.45) is 5.60. The maximum atomic E-state index is 12.7. The van der Waals surface area contributed by atoms with E-state index in [0.717, 1.165) is 17.6 Å². The molecule has 0 saturated carbocycles. The minimum atomic E-state index is -2.13. The molecule has 1 aliphatic heterocycles. The molecule has 0 aliphatic carbocycles. The molecule has 1 aromatic rings. The van der Waals surface area contributed by atoms with Crippen molar-refractivity contribution in [3.8, 4) is 0 Å². The number of hydrogen-bond donors (Lipinski definition) is 0. The predicted molar refractivity (Wildman–Crippen MR) is 66.6 cm³/mol. The Morgan fingerprint density at radius 1 is 1.13 bits per heavy atom. The van der Waals surface area contributed by atoms with E-state index in [0.29, 0.717) is 5.92 Å². The predicted octanol–water partition coefficient (Wildman–Crippen LogP) is 3.37. The first-order valence-electron chi connectivity index (χ1n) is 5.46. The van der Waals surface area contributed by atoms with Crippen molar-refractivity contribution in [1.82, 2.24) is 0 Å². The van der Waals surface area contributed by atoms with Crippen molar-refractivity contribution in [2.24, 2.45) is 0 Å². The number of rotatable bonds is 2. The van der Waals surface area contributed by atoms with E-state index in [1.807, 2.05) is 18.2 Å². The molecule has 0 radical (unpaired) electrons. The highest BCUT2D eigenvalue weighted by Crippen LogP contribution is 2.49. The Labute approximate surface area is 91.6 Å². The molecule has 0 aromatic heterocycles. The van der Waals surface area contributed by atoms with E-state index in [9.17, 15) is 4.57 Å². The normalized spacial score (nSPS) is 18.6. The Kier molecular flexibility index (Phi) is 2.84. The standard InChI is InChI=1S/C13H17OP/c1-11(2)12-7-3-4-8-13(12)15(14)9-5-6-10-15/h3-8,11H,9-10H2,1-2H3. The van der Waals surface area contributed by atoms with Crippen LogP contribution in [-0.2, 0) is 4.57 Å². The lowest BCUT2D eigenvalue weighted by Crippen LogP contribution is -2.13. The molecule has 0 bridgehead atoms. The average Bonchev–Trinajstić information content (AvgIpc) is 2.66. The zero-order valence-electron chi connectivity index (χ0n) is 9.31. The summed E-state index contributed by atoms with van der Waals surface area (Å²) in [5.41, 5.74) is 1.25. The molecule has 2 heteroatoms. The Morgan fingerprint density at radius 2 is 1.73 bits per heavy atom. The Balaban J connectivity index is 2.48. The van der Waals surface area contributed by atoms with Crippen molar-refractivity contribution in [3.05, 3.63) is 42.0 Å². The van der Waals surface area contributed by atoms with Gasteiger partial charge in [-0.15, -0.1) is 0 Å². The van der Waals surface area contributed by atoms with Crippen molar-refractivity contribution in [2.45, 2.75) is 19.8 Å². The number of allylic oxidation sites excluding steroid dienone is 2. The first kappa shape index (κ1) is 10.7. The molecule has 0 N–H and O–H groups in total. The fourth-order valence-corrected chi connectivity index (χ4v) is 4.79. The molecule has 1 aromatic carbocycles.